The Morgan fingerprint density at radius 2 is 1.64 bits per heavy atom. The average molecular weight is 447 g/mol. The van der Waals surface area contributed by atoms with Gasteiger partial charge in [0.25, 0.3) is 5.91 Å². The molecule has 3 aromatic carbocycles. The Labute approximate surface area is 196 Å². The van der Waals surface area contributed by atoms with E-state index in [9.17, 15) is 9.59 Å². The van der Waals surface area contributed by atoms with Gasteiger partial charge in [-0.25, -0.2) is 0 Å². The number of anilines is 1. The van der Waals surface area contributed by atoms with Gasteiger partial charge in [-0.1, -0.05) is 48.5 Å². The Bertz CT molecular complexity index is 1130. The van der Waals surface area contributed by atoms with E-state index in [1.165, 1.54) is 0 Å². The van der Waals surface area contributed by atoms with Gasteiger partial charge in [-0.05, 0) is 76.1 Å². The van der Waals surface area contributed by atoms with Gasteiger partial charge in [0.2, 0.25) is 5.91 Å². The molecular weight excluding hydrogens is 412 g/mol. The zero-order valence-corrected chi connectivity index (χ0v) is 20.3. The number of hydrogen-bond donors (Lipinski definition) is 2. The van der Waals surface area contributed by atoms with Crippen molar-refractivity contribution >= 4 is 28.3 Å². The zero-order chi connectivity index (χ0) is 24.1. The number of fused-ring (bicyclic) bond motifs is 1. The lowest BCUT2D eigenvalue weighted by molar-refractivity contribution is -0.120. The summed E-state index contributed by atoms with van der Waals surface area (Å²) in [5, 5.41) is 8.37. The van der Waals surface area contributed by atoms with E-state index in [4.69, 9.17) is 0 Å². The molecular formula is C27H34N4O2. The van der Waals surface area contributed by atoms with E-state index in [0.717, 1.165) is 21.9 Å². The van der Waals surface area contributed by atoms with Gasteiger partial charge >= 0.3 is 0 Å². The van der Waals surface area contributed by atoms with Gasteiger partial charge in [-0.3, -0.25) is 14.5 Å². The molecule has 3 rings (SSSR count). The molecule has 0 saturated carbocycles. The molecule has 2 amide bonds. The minimum atomic E-state index is -0.301. The third kappa shape index (κ3) is 5.97. The van der Waals surface area contributed by atoms with Crippen LogP contribution in [0.25, 0.3) is 10.8 Å². The van der Waals surface area contributed by atoms with E-state index >= 15 is 0 Å². The van der Waals surface area contributed by atoms with Crippen LogP contribution in [-0.2, 0) is 4.79 Å². The molecule has 174 valence electrons. The first-order valence-corrected chi connectivity index (χ1v) is 11.2. The third-order valence-electron chi connectivity index (χ3n) is 5.85. The maximum atomic E-state index is 13.2. The Kier molecular flexibility index (Phi) is 7.84. The van der Waals surface area contributed by atoms with Crippen LogP contribution in [-0.4, -0.2) is 62.4 Å². The minimum Gasteiger partial charge on any atom is -0.345 e. The van der Waals surface area contributed by atoms with Gasteiger partial charge in [0, 0.05) is 17.8 Å². The molecule has 0 aliphatic heterocycles. The summed E-state index contributed by atoms with van der Waals surface area (Å²) in [5.74, 6) is -0.269. The first-order chi connectivity index (χ1) is 15.7. The van der Waals surface area contributed by atoms with E-state index in [2.05, 4.69) is 28.8 Å². The fourth-order valence-corrected chi connectivity index (χ4v) is 3.98. The lowest BCUT2D eigenvalue weighted by Crippen LogP contribution is -2.46. The second-order valence-electron chi connectivity index (χ2n) is 9.02. The number of benzene rings is 3. The van der Waals surface area contributed by atoms with Gasteiger partial charge in [0.1, 0.15) is 6.04 Å². The van der Waals surface area contributed by atoms with Crippen LogP contribution in [0.2, 0.25) is 0 Å². The molecule has 0 fully saturated rings. The molecule has 0 aromatic heterocycles. The van der Waals surface area contributed by atoms with Crippen molar-refractivity contribution in [3.05, 3.63) is 77.4 Å². The standard InChI is InChI=1S/C27H34N4O2/c1-18-14-15-21(29-27(33)25(31(5)6)17-30(3)4)16-24(18)26(32)28-19(2)22-13-9-11-20-10-7-8-12-23(20)22/h7-16,19,25H,17H2,1-6H3,(H,28,32)(H,29,33)/t19-,25+/m1/s1. The van der Waals surface area contributed by atoms with Crippen molar-refractivity contribution in [2.75, 3.05) is 40.1 Å². The SMILES string of the molecule is Cc1ccc(NC(=O)[C@H](CN(C)C)N(C)C)cc1C(=O)N[C@H](C)c1cccc2ccccc12. The highest BCUT2D eigenvalue weighted by Gasteiger charge is 2.22. The molecule has 0 saturated heterocycles. The highest BCUT2D eigenvalue weighted by atomic mass is 16.2. The molecule has 6 heteroatoms. The first-order valence-electron chi connectivity index (χ1n) is 11.2. The largest absolute Gasteiger partial charge is 0.345 e. The van der Waals surface area contributed by atoms with Crippen molar-refractivity contribution in [1.29, 1.82) is 0 Å². The van der Waals surface area contributed by atoms with Gasteiger partial charge in [-0.15, -0.1) is 0 Å². The molecule has 0 radical (unpaired) electrons. The first kappa shape index (κ1) is 24.4. The number of amides is 2. The fraction of sp³-hybridized carbons (Fsp3) is 0.333. The van der Waals surface area contributed by atoms with Crippen LogP contribution in [0.4, 0.5) is 5.69 Å². The maximum absolute atomic E-state index is 13.2. The molecule has 33 heavy (non-hydrogen) atoms. The summed E-state index contributed by atoms with van der Waals surface area (Å²) in [6.07, 6.45) is 0. The lowest BCUT2D eigenvalue weighted by Gasteiger charge is -2.26. The summed E-state index contributed by atoms with van der Waals surface area (Å²) in [7, 11) is 7.65. The monoisotopic (exact) mass is 446 g/mol. The van der Waals surface area contributed by atoms with E-state index in [1.54, 1.807) is 6.07 Å². The molecule has 2 N–H and O–H groups in total. The number of nitrogens with one attached hydrogen (secondary N) is 2. The van der Waals surface area contributed by atoms with Gasteiger partial charge < -0.3 is 15.5 Å². The van der Waals surface area contributed by atoms with Crippen LogP contribution >= 0.6 is 0 Å². The maximum Gasteiger partial charge on any atom is 0.252 e. The Balaban J connectivity index is 1.78. The number of aryl methyl sites for hydroxylation is 1. The van der Waals surface area contributed by atoms with Crippen LogP contribution in [0.15, 0.2) is 60.7 Å². The molecule has 0 aliphatic rings. The molecule has 0 bridgehead atoms. The van der Waals surface area contributed by atoms with Gasteiger partial charge in [0.05, 0.1) is 6.04 Å². The highest BCUT2D eigenvalue weighted by Crippen LogP contribution is 2.25. The summed E-state index contributed by atoms with van der Waals surface area (Å²) >= 11 is 0. The molecule has 0 heterocycles. The summed E-state index contributed by atoms with van der Waals surface area (Å²) in [4.78, 5) is 29.9. The normalized spacial score (nSPS) is 13.2. The highest BCUT2D eigenvalue weighted by molar-refractivity contribution is 6.00. The molecule has 0 unspecified atom stereocenters. The van der Waals surface area contributed by atoms with E-state index in [0.29, 0.717) is 17.8 Å². The van der Waals surface area contributed by atoms with Gasteiger partial charge in [0.15, 0.2) is 0 Å². The molecule has 3 aromatic rings. The van der Waals surface area contributed by atoms with Crippen LogP contribution in [0, 0.1) is 6.92 Å². The van der Waals surface area contributed by atoms with E-state index < -0.39 is 0 Å². The fourth-order valence-electron chi connectivity index (χ4n) is 3.98. The van der Waals surface area contributed by atoms with Crippen molar-refractivity contribution in [1.82, 2.24) is 15.1 Å². The van der Waals surface area contributed by atoms with Crippen LogP contribution in [0.5, 0.6) is 0 Å². The third-order valence-corrected chi connectivity index (χ3v) is 5.85. The predicted octanol–water partition coefficient (Wildman–Crippen LogP) is 4.07. The molecule has 2 atom stereocenters. The second kappa shape index (κ2) is 10.6. The summed E-state index contributed by atoms with van der Waals surface area (Å²) in [6.45, 7) is 4.49. The molecule has 0 aliphatic carbocycles. The predicted molar refractivity (Wildman–Crippen MR) is 136 cm³/mol. The average Bonchev–Trinajstić information content (AvgIpc) is 2.77. The molecule has 0 spiro atoms. The second-order valence-corrected chi connectivity index (χ2v) is 9.02. The minimum absolute atomic E-state index is 0.104. The topological polar surface area (TPSA) is 64.7 Å². The van der Waals surface area contributed by atoms with Crippen molar-refractivity contribution in [2.24, 2.45) is 0 Å². The van der Waals surface area contributed by atoms with Crippen molar-refractivity contribution in [3.63, 3.8) is 0 Å². The zero-order valence-electron chi connectivity index (χ0n) is 20.3. The van der Waals surface area contributed by atoms with E-state index in [1.807, 2.05) is 88.2 Å². The van der Waals surface area contributed by atoms with E-state index in [-0.39, 0.29) is 23.9 Å². The Hall–Kier alpha value is -3.22. The summed E-state index contributed by atoms with van der Waals surface area (Å²) in [6, 6.07) is 19.3. The van der Waals surface area contributed by atoms with Crippen molar-refractivity contribution < 1.29 is 9.59 Å². The smallest absolute Gasteiger partial charge is 0.252 e. The summed E-state index contributed by atoms with van der Waals surface area (Å²) < 4.78 is 0. The quantitative estimate of drug-likeness (QED) is 0.548. The van der Waals surface area contributed by atoms with Crippen LogP contribution in [0.3, 0.4) is 0 Å². The number of nitrogens with zero attached hydrogens (tertiary/aromatic N) is 2. The summed E-state index contributed by atoms with van der Waals surface area (Å²) in [5.41, 5.74) is 3.09. The van der Waals surface area contributed by atoms with Crippen LogP contribution < -0.4 is 10.6 Å². The Morgan fingerprint density at radius 3 is 2.33 bits per heavy atom. The number of likely N-dealkylation sites (N-methyl/N-ethyl adjacent to an activating group) is 2. The van der Waals surface area contributed by atoms with Crippen molar-refractivity contribution in [2.45, 2.75) is 25.9 Å². The Morgan fingerprint density at radius 1 is 0.939 bits per heavy atom. The van der Waals surface area contributed by atoms with Gasteiger partial charge in [-0.2, -0.15) is 0 Å². The number of carbonyl (C=O) groups is 2. The number of carbonyl (C=O) groups excluding carboxylic acids is 2. The lowest BCUT2D eigenvalue weighted by atomic mass is 9.99. The number of rotatable bonds is 8. The van der Waals surface area contributed by atoms with Crippen molar-refractivity contribution in [3.8, 4) is 0 Å². The molecule has 6 nitrogen and oxygen atoms in total. The van der Waals surface area contributed by atoms with Crippen LogP contribution in [0.1, 0.15) is 34.5 Å². The number of hydrogen-bond acceptors (Lipinski definition) is 4.